The van der Waals surface area contributed by atoms with Crippen LogP contribution in [0.15, 0.2) is 48.5 Å². The van der Waals surface area contributed by atoms with Gasteiger partial charge in [0, 0.05) is 24.5 Å². The van der Waals surface area contributed by atoms with E-state index in [4.69, 9.17) is 9.47 Å². The first kappa shape index (κ1) is 19.7. The molecule has 1 heterocycles. The van der Waals surface area contributed by atoms with E-state index in [0.717, 1.165) is 41.3 Å². The van der Waals surface area contributed by atoms with Crippen LogP contribution < -0.4 is 25.2 Å². The second-order valence-corrected chi connectivity index (χ2v) is 6.76. The number of likely N-dealkylation sites (tertiary alicyclic amines) is 1. The van der Waals surface area contributed by atoms with Crippen LogP contribution in [0.4, 0.5) is 0 Å². The molecule has 2 atom stereocenters. The maximum atomic E-state index is 12.4. The molecular weight excluding hydrogens is 358 g/mol. The summed E-state index contributed by atoms with van der Waals surface area (Å²) in [6, 6.07) is 14.7. The predicted octanol–water partition coefficient (Wildman–Crippen LogP) is 0.885. The number of benzene rings is 2. The average molecular weight is 384 g/mol. The number of nitrogens with one attached hydrogen (secondary N) is 3. The summed E-state index contributed by atoms with van der Waals surface area (Å²) in [6.07, 6.45) is 2.00. The zero-order valence-electron chi connectivity index (χ0n) is 16.2. The molecule has 2 aromatic carbocycles. The summed E-state index contributed by atoms with van der Waals surface area (Å²) in [5, 5.41) is 0. The van der Waals surface area contributed by atoms with Crippen LogP contribution in [0.25, 0.3) is 0 Å². The molecule has 0 bridgehead atoms. The highest BCUT2D eigenvalue weighted by atomic mass is 16.5. The lowest BCUT2D eigenvalue weighted by atomic mass is 10.0. The molecule has 2 amide bonds. The van der Waals surface area contributed by atoms with Crippen LogP contribution in [0.5, 0.6) is 11.5 Å². The van der Waals surface area contributed by atoms with Crippen LogP contribution in [0.1, 0.15) is 34.8 Å². The summed E-state index contributed by atoms with van der Waals surface area (Å²) in [5.74, 6) is 0.945. The zero-order valence-corrected chi connectivity index (χ0v) is 16.2. The van der Waals surface area contributed by atoms with E-state index in [0.29, 0.717) is 5.56 Å². The summed E-state index contributed by atoms with van der Waals surface area (Å²) < 4.78 is 10.8. The Morgan fingerprint density at radius 2 is 1.86 bits per heavy atom. The predicted molar refractivity (Wildman–Crippen MR) is 104 cm³/mol. The van der Waals surface area contributed by atoms with Gasteiger partial charge in [0.05, 0.1) is 26.3 Å². The highest BCUT2D eigenvalue weighted by Crippen LogP contribution is 2.31. The number of carbonyl (C=O) groups is 2. The Labute approximate surface area is 164 Å². The Balaban J connectivity index is 1.60. The number of methoxy groups -OCH3 is 2. The highest BCUT2D eigenvalue weighted by molar-refractivity contribution is 5.95. The number of hydrogen-bond acceptors (Lipinski definition) is 4. The molecule has 1 fully saturated rings. The maximum absolute atomic E-state index is 12.4. The van der Waals surface area contributed by atoms with E-state index < -0.39 is 0 Å². The minimum absolute atomic E-state index is 0.163. The minimum Gasteiger partial charge on any atom is -0.497 e. The lowest BCUT2D eigenvalue weighted by molar-refractivity contribution is -0.910. The Morgan fingerprint density at radius 3 is 2.57 bits per heavy atom. The molecule has 28 heavy (non-hydrogen) atoms. The van der Waals surface area contributed by atoms with Gasteiger partial charge in [0.1, 0.15) is 17.5 Å². The number of quaternary nitrogens is 1. The first-order chi connectivity index (χ1) is 13.6. The first-order valence-corrected chi connectivity index (χ1v) is 9.33. The van der Waals surface area contributed by atoms with E-state index in [9.17, 15) is 9.59 Å². The Kier molecular flexibility index (Phi) is 6.49. The topological polar surface area (TPSA) is 81.1 Å². The van der Waals surface area contributed by atoms with E-state index >= 15 is 0 Å². The summed E-state index contributed by atoms with van der Waals surface area (Å²) in [5.41, 5.74) is 6.55. The molecule has 0 spiro atoms. The number of amides is 2. The van der Waals surface area contributed by atoms with Gasteiger partial charge in [-0.3, -0.25) is 20.4 Å². The number of ether oxygens (including phenoxy) is 2. The monoisotopic (exact) mass is 384 g/mol. The van der Waals surface area contributed by atoms with Gasteiger partial charge in [0.2, 0.25) is 0 Å². The fourth-order valence-corrected chi connectivity index (χ4v) is 3.64. The van der Waals surface area contributed by atoms with Crippen molar-refractivity contribution in [2.45, 2.75) is 18.9 Å². The second kappa shape index (κ2) is 9.23. The van der Waals surface area contributed by atoms with Gasteiger partial charge in [0.15, 0.2) is 6.54 Å². The standard InChI is InChI=1S/C21H25N3O4/c1-27-16-10-11-17(19(13-16)28-2)18-9-6-12-24(18)14-20(25)22-23-21(26)15-7-4-3-5-8-15/h3-5,7-8,10-11,13,18H,6,9,12,14H2,1-2H3,(H,22,25)(H,23,26)/p+1/t18-/m1/s1. The second-order valence-electron chi connectivity index (χ2n) is 6.76. The minimum atomic E-state index is -0.334. The van der Waals surface area contributed by atoms with Crippen molar-refractivity contribution in [3.63, 3.8) is 0 Å². The third kappa shape index (κ3) is 4.61. The number of carbonyl (C=O) groups excluding carboxylic acids is 2. The lowest BCUT2D eigenvalue weighted by Gasteiger charge is -2.23. The van der Waals surface area contributed by atoms with Gasteiger partial charge < -0.3 is 14.4 Å². The van der Waals surface area contributed by atoms with Gasteiger partial charge in [-0.15, -0.1) is 0 Å². The van der Waals surface area contributed by atoms with Crippen LogP contribution in [0, 0.1) is 0 Å². The molecule has 0 aromatic heterocycles. The van der Waals surface area contributed by atoms with E-state index in [1.165, 1.54) is 0 Å². The zero-order chi connectivity index (χ0) is 19.9. The van der Waals surface area contributed by atoms with Gasteiger partial charge in [-0.2, -0.15) is 0 Å². The summed E-state index contributed by atoms with van der Waals surface area (Å²) in [6.45, 7) is 1.16. The maximum Gasteiger partial charge on any atom is 0.293 e. The molecule has 1 aliphatic rings. The van der Waals surface area contributed by atoms with Gasteiger partial charge in [-0.05, 0) is 24.3 Å². The summed E-state index contributed by atoms with van der Waals surface area (Å²) in [7, 11) is 3.26. The lowest BCUT2D eigenvalue weighted by Crippen LogP contribution is -3.11. The summed E-state index contributed by atoms with van der Waals surface area (Å²) in [4.78, 5) is 25.6. The van der Waals surface area contributed by atoms with Crippen molar-refractivity contribution in [1.82, 2.24) is 10.9 Å². The summed E-state index contributed by atoms with van der Waals surface area (Å²) >= 11 is 0. The van der Waals surface area contributed by atoms with E-state index in [1.807, 2.05) is 24.3 Å². The molecule has 1 unspecified atom stereocenters. The van der Waals surface area contributed by atoms with E-state index in [2.05, 4.69) is 10.9 Å². The number of rotatable bonds is 6. The van der Waals surface area contributed by atoms with Crippen LogP contribution in [-0.4, -0.2) is 39.1 Å². The Bertz CT molecular complexity index is 826. The van der Waals surface area contributed by atoms with Crippen molar-refractivity contribution in [3.8, 4) is 11.5 Å². The fourth-order valence-electron chi connectivity index (χ4n) is 3.64. The SMILES string of the molecule is COc1ccc([C@H]2CCC[NH+]2CC(=O)NNC(=O)c2ccccc2)c(OC)c1. The largest absolute Gasteiger partial charge is 0.497 e. The van der Waals surface area contributed by atoms with Gasteiger partial charge in [-0.25, -0.2) is 0 Å². The normalized spacial score (nSPS) is 18.4. The van der Waals surface area contributed by atoms with Crippen molar-refractivity contribution in [1.29, 1.82) is 0 Å². The molecule has 2 aromatic rings. The molecule has 3 rings (SSSR count). The van der Waals surface area contributed by atoms with Crippen molar-refractivity contribution in [3.05, 3.63) is 59.7 Å². The van der Waals surface area contributed by atoms with E-state index in [-0.39, 0.29) is 24.4 Å². The molecule has 0 saturated carbocycles. The number of hydrogen-bond donors (Lipinski definition) is 3. The molecular formula is C21H26N3O4+. The Hall–Kier alpha value is -3.06. The van der Waals surface area contributed by atoms with Crippen molar-refractivity contribution < 1.29 is 24.0 Å². The van der Waals surface area contributed by atoms with Crippen LogP contribution in [-0.2, 0) is 4.79 Å². The first-order valence-electron chi connectivity index (χ1n) is 9.33. The molecule has 7 nitrogen and oxygen atoms in total. The fraction of sp³-hybridized carbons (Fsp3) is 0.333. The highest BCUT2D eigenvalue weighted by Gasteiger charge is 2.33. The quantitative estimate of drug-likeness (QED) is 0.646. The van der Waals surface area contributed by atoms with Crippen molar-refractivity contribution >= 4 is 11.8 Å². The molecule has 0 aliphatic carbocycles. The third-order valence-corrected chi connectivity index (χ3v) is 5.04. The van der Waals surface area contributed by atoms with E-state index in [1.54, 1.807) is 38.5 Å². The molecule has 148 valence electrons. The van der Waals surface area contributed by atoms with Gasteiger partial charge in [0.25, 0.3) is 11.8 Å². The van der Waals surface area contributed by atoms with Crippen LogP contribution in [0.2, 0.25) is 0 Å². The molecule has 7 heteroatoms. The van der Waals surface area contributed by atoms with Crippen molar-refractivity contribution in [2.75, 3.05) is 27.3 Å². The van der Waals surface area contributed by atoms with Crippen LogP contribution >= 0.6 is 0 Å². The molecule has 3 N–H and O–H groups in total. The van der Waals surface area contributed by atoms with Gasteiger partial charge in [-0.1, -0.05) is 18.2 Å². The van der Waals surface area contributed by atoms with Crippen LogP contribution in [0.3, 0.4) is 0 Å². The number of hydrazine groups is 1. The average Bonchev–Trinajstić information content (AvgIpc) is 3.19. The third-order valence-electron chi connectivity index (χ3n) is 5.04. The van der Waals surface area contributed by atoms with Gasteiger partial charge >= 0.3 is 0 Å². The molecule has 1 aliphatic heterocycles. The smallest absolute Gasteiger partial charge is 0.293 e. The molecule has 1 saturated heterocycles. The Morgan fingerprint density at radius 1 is 1.07 bits per heavy atom. The van der Waals surface area contributed by atoms with Crippen molar-refractivity contribution in [2.24, 2.45) is 0 Å². The molecule has 0 radical (unpaired) electrons.